The Morgan fingerprint density at radius 2 is 1.70 bits per heavy atom. The topological polar surface area (TPSA) is 18.5 Å². The van der Waals surface area contributed by atoms with E-state index in [-0.39, 0.29) is 0 Å². The molecule has 2 nitrogen and oxygen atoms in total. The van der Waals surface area contributed by atoms with Crippen molar-refractivity contribution in [1.82, 2.24) is 0 Å². The summed E-state index contributed by atoms with van der Waals surface area (Å²) in [5, 5.41) is 0. The standard InChI is InChI=1S/C8H18O2/c1-3-6-10-8-5-4-7-9-2/h3-8H2,1-2H3. The van der Waals surface area contributed by atoms with Crippen molar-refractivity contribution in [2.45, 2.75) is 26.2 Å². The number of rotatable bonds is 7. The summed E-state index contributed by atoms with van der Waals surface area (Å²) in [5.41, 5.74) is 0. The molecule has 0 spiro atoms. The summed E-state index contributed by atoms with van der Waals surface area (Å²) in [6.45, 7) is 4.76. The van der Waals surface area contributed by atoms with Gasteiger partial charge < -0.3 is 9.47 Å². The second-order valence-corrected chi connectivity index (χ2v) is 2.31. The van der Waals surface area contributed by atoms with Crippen molar-refractivity contribution < 1.29 is 9.47 Å². The number of hydrogen-bond acceptors (Lipinski definition) is 2. The zero-order valence-electron chi connectivity index (χ0n) is 7.06. The summed E-state index contributed by atoms with van der Waals surface area (Å²) in [5.74, 6) is 0. The Hall–Kier alpha value is -0.0800. The Labute approximate surface area is 63.5 Å². The molecule has 0 heterocycles. The predicted octanol–water partition coefficient (Wildman–Crippen LogP) is 1.84. The highest BCUT2D eigenvalue weighted by molar-refractivity contribution is 4.36. The average molecular weight is 146 g/mol. The van der Waals surface area contributed by atoms with Gasteiger partial charge in [0.25, 0.3) is 0 Å². The van der Waals surface area contributed by atoms with E-state index in [0.29, 0.717) is 0 Å². The predicted molar refractivity (Wildman–Crippen MR) is 42.2 cm³/mol. The number of methoxy groups -OCH3 is 1. The van der Waals surface area contributed by atoms with E-state index in [1.165, 1.54) is 0 Å². The molecule has 0 saturated heterocycles. The minimum absolute atomic E-state index is 0.857. The monoisotopic (exact) mass is 146 g/mol. The van der Waals surface area contributed by atoms with Gasteiger partial charge in [-0.3, -0.25) is 0 Å². The van der Waals surface area contributed by atoms with Crippen LogP contribution >= 0.6 is 0 Å². The van der Waals surface area contributed by atoms with Crippen molar-refractivity contribution >= 4 is 0 Å². The van der Waals surface area contributed by atoms with Gasteiger partial charge in [0, 0.05) is 26.9 Å². The number of hydrogen-bond donors (Lipinski definition) is 0. The first kappa shape index (κ1) is 9.92. The van der Waals surface area contributed by atoms with Crippen LogP contribution < -0.4 is 0 Å². The molecule has 0 aromatic rings. The Morgan fingerprint density at radius 3 is 2.30 bits per heavy atom. The third kappa shape index (κ3) is 7.92. The summed E-state index contributed by atoms with van der Waals surface area (Å²) in [6.07, 6.45) is 3.35. The SMILES string of the molecule is CCCOCCCCOC. The van der Waals surface area contributed by atoms with Gasteiger partial charge in [0.1, 0.15) is 0 Å². The average Bonchev–Trinajstić information content (AvgIpc) is 1.97. The lowest BCUT2D eigenvalue weighted by molar-refractivity contribution is 0.119. The van der Waals surface area contributed by atoms with Gasteiger partial charge in [-0.05, 0) is 19.3 Å². The van der Waals surface area contributed by atoms with E-state index in [0.717, 1.165) is 39.1 Å². The normalized spacial score (nSPS) is 10.2. The van der Waals surface area contributed by atoms with Crippen LogP contribution in [0.4, 0.5) is 0 Å². The van der Waals surface area contributed by atoms with Crippen LogP contribution in [0.15, 0.2) is 0 Å². The molecule has 0 fully saturated rings. The van der Waals surface area contributed by atoms with Gasteiger partial charge in [0.2, 0.25) is 0 Å². The van der Waals surface area contributed by atoms with Crippen LogP contribution in [0, 0.1) is 0 Å². The lowest BCUT2D eigenvalue weighted by atomic mass is 10.3. The largest absolute Gasteiger partial charge is 0.385 e. The lowest BCUT2D eigenvalue weighted by Gasteiger charge is -2.00. The van der Waals surface area contributed by atoms with E-state index in [1.54, 1.807) is 7.11 Å². The lowest BCUT2D eigenvalue weighted by Crippen LogP contribution is -1.97. The fraction of sp³-hybridized carbons (Fsp3) is 1.00. The van der Waals surface area contributed by atoms with Crippen LogP contribution in [0.1, 0.15) is 26.2 Å². The molecule has 0 aliphatic carbocycles. The van der Waals surface area contributed by atoms with Crippen molar-refractivity contribution in [3.05, 3.63) is 0 Å². The van der Waals surface area contributed by atoms with Gasteiger partial charge in [-0.25, -0.2) is 0 Å². The first-order chi connectivity index (χ1) is 4.91. The Kier molecular flexibility index (Phi) is 8.85. The summed E-state index contributed by atoms with van der Waals surface area (Å²) in [4.78, 5) is 0. The van der Waals surface area contributed by atoms with E-state index >= 15 is 0 Å². The zero-order valence-corrected chi connectivity index (χ0v) is 7.06. The minimum Gasteiger partial charge on any atom is -0.385 e. The summed E-state index contributed by atoms with van der Waals surface area (Å²) < 4.78 is 10.2. The molecule has 0 bridgehead atoms. The van der Waals surface area contributed by atoms with Crippen LogP contribution in [0.2, 0.25) is 0 Å². The Bertz CT molecular complexity index is 47.2. The molecular weight excluding hydrogens is 128 g/mol. The maximum atomic E-state index is 5.27. The third-order valence-corrected chi connectivity index (χ3v) is 1.24. The highest BCUT2D eigenvalue weighted by atomic mass is 16.5. The Balaban J connectivity index is 2.65. The molecule has 0 aliphatic heterocycles. The molecule has 0 amide bonds. The quantitative estimate of drug-likeness (QED) is 0.510. The van der Waals surface area contributed by atoms with Crippen molar-refractivity contribution in [3.63, 3.8) is 0 Å². The van der Waals surface area contributed by atoms with Crippen LogP contribution in [-0.2, 0) is 9.47 Å². The fourth-order valence-electron chi connectivity index (χ4n) is 0.697. The molecule has 2 heteroatoms. The van der Waals surface area contributed by atoms with Gasteiger partial charge in [0.05, 0.1) is 0 Å². The van der Waals surface area contributed by atoms with Gasteiger partial charge in [0.15, 0.2) is 0 Å². The van der Waals surface area contributed by atoms with Crippen molar-refractivity contribution in [3.8, 4) is 0 Å². The number of ether oxygens (including phenoxy) is 2. The van der Waals surface area contributed by atoms with Gasteiger partial charge >= 0.3 is 0 Å². The van der Waals surface area contributed by atoms with E-state index in [4.69, 9.17) is 9.47 Å². The second-order valence-electron chi connectivity index (χ2n) is 2.31. The van der Waals surface area contributed by atoms with E-state index in [1.807, 2.05) is 0 Å². The first-order valence-electron chi connectivity index (χ1n) is 3.98. The maximum Gasteiger partial charge on any atom is 0.0466 e. The summed E-state index contributed by atoms with van der Waals surface area (Å²) in [6, 6.07) is 0. The fourth-order valence-corrected chi connectivity index (χ4v) is 0.697. The molecule has 0 saturated carbocycles. The maximum absolute atomic E-state index is 5.27. The van der Waals surface area contributed by atoms with Gasteiger partial charge in [-0.15, -0.1) is 0 Å². The molecule has 0 atom stereocenters. The van der Waals surface area contributed by atoms with Crippen LogP contribution in [0.3, 0.4) is 0 Å². The molecule has 0 radical (unpaired) electrons. The van der Waals surface area contributed by atoms with Crippen LogP contribution in [0.5, 0.6) is 0 Å². The molecule has 0 aliphatic rings. The van der Waals surface area contributed by atoms with Crippen LogP contribution in [-0.4, -0.2) is 26.9 Å². The van der Waals surface area contributed by atoms with Crippen molar-refractivity contribution in [1.29, 1.82) is 0 Å². The molecule has 0 aromatic carbocycles. The van der Waals surface area contributed by atoms with Crippen molar-refractivity contribution in [2.24, 2.45) is 0 Å². The molecule has 10 heavy (non-hydrogen) atoms. The molecule has 0 aromatic heterocycles. The third-order valence-electron chi connectivity index (χ3n) is 1.24. The van der Waals surface area contributed by atoms with E-state index < -0.39 is 0 Å². The Morgan fingerprint density at radius 1 is 1.00 bits per heavy atom. The molecule has 0 unspecified atom stereocenters. The molecule has 0 rings (SSSR count). The summed E-state index contributed by atoms with van der Waals surface area (Å²) in [7, 11) is 1.73. The smallest absolute Gasteiger partial charge is 0.0466 e. The van der Waals surface area contributed by atoms with Crippen LogP contribution in [0.25, 0.3) is 0 Å². The molecule has 62 valence electrons. The minimum atomic E-state index is 0.857. The van der Waals surface area contributed by atoms with Gasteiger partial charge in [-0.1, -0.05) is 6.92 Å². The van der Waals surface area contributed by atoms with E-state index in [9.17, 15) is 0 Å². The highest BCUT2D eigenvalue weighted by Gasteiger charge is 1.86. The second kappa shape index (κ2) is 8.92. The number of unbranched alkanes of at least 4 members (excludes halogenated alkanes) is 1. The molecular formula is C8H18O2. The van der Waals surface area contributed by atoms with Gasteiger partial charge in [-0.2, -0.15) is 0 Å². The van der Waals surface area contributed by atoms with E-state index in [2.05, 4.69) is 6.92 Å². The zero-order chi connectivity index (χ0) is 7.66. The highest BCUT2D eigenvalue weighted by Crippen LogP contribution is 1.90. The summed E-state index contributed by atoms with van der Waals surface area (Å²) >= 11 is 0. The first-order valence-corrected chi connectivity index (χ1v) is 3.98. The van der Waals surface area contributed by atoms with Crippen molar-refractivity contribution in [2.75, 3.05) is 26.9 Å². The molecule has 0 N–H and O–H groups in total.